The predicted octanol–water partition coefficient (Wildman–Crippen LogP) is 0.722. The number of nitrogens with two attached hydrogens (primary N) is 1. The number of benzene rings is 1. The number of hydrogen-bond donors (Lipinski definition) is 3. The molecule has 1 rings (SSSR count). The lowest BCUT2D eigenvalue weighted by molar-refractivity contribution is -0.153. The lowest BCUT2D eigenvalue weighted by Gasteiger charge is -2.12. The normalized spacial score (nSPS) is 11.2. The van der Waals surface area contributed by atoms with E-state index in [0.717, 1.165) is 12.8 Å². The molecule has 1 atom stereocenters. The quantitative estimate of drug-likeness (QED) is 0.436. The number of carbonyl (C=O) groups excluding carboxylic acids is 4. The number of esters is 1. The minimum atomic E-state index is -1.22. The summed E-state index contributed by atoms with van der Waals surface area (Å²) in [6.07, 6.45) is 0.756. The fourth-order valence-corrected chi connectivity index (χ4v) is 1.81. The molecular weight excluding hydrogens is 342 g/mol. The number of primary amides is 1. The molecule has 4 amide bonds. The second-order valence-electron chi connectivity index (χ2n) is 5.39. The molecule has 0 saturated carbocycles. The van der Waals surface area contributed by atoms with Crippen LogP contribution in [0.5, 0.6) is 5.75 Å². The van der Waals surface area contributed by atoms with Gasteiger partial charge in [0.2, 0.25) is 0 Å². The number of imide groups is 1. The summed E-state index contributed by atoms with van der Waals surface area (Å²) in [4.78, 5) is 45.6. The molecule has 1 aromatic carbocycles. The lowest BCUT2D eigenvalue weighted by atomic mass is 10.2. The molecule has 1 aromatic rings. The molecular formula is C17H23N3O6. The third-order valence-electron chi connectivity index (χ3n) is 3.20. The highest BCUT2D eigenvalue weighted by atomic mass is 16.5. The van der Waals surface area contributed by atoms with Gasteiger partial charge in [-0.3, -0.25) is 19.7 Å². The number of urea groups is 1. The van der Waals surface area contributed by atoms with E-state index in [0.29, 0.717) is 17.9 Å². The lowest BCUT2D eigenvalue weighted by Crippen LogP contribution is -2.43. The SMILES string of the molecule is CCCCOc1ccc(C(=O)NCC(=O)O[C@@H](C)C(=O)NC(N)=O)cc1. The number of rotatable bonds is 9. The van der Waals surface area contributed by atoms with E-state index in [1.807, 2.05) is 0 Å². The summed E-state index contributed by atoms with van der Waals surface area (Å²) >= 11 is 0. The molecule has 0 radical (unpaired) electrons. The molecule has 0 bridgehead atoms. The van der Waals surface area contributed by atoms with Gasteiger partial charge in [-0.2, -0.15) is 0 Å². The van der Waals surface area contributed by atoms with Crippen molar-refractivity contribution in [1.29, 1.82) is 0 Å². The Morgan fingerprint density at radius 1 is 1.15 bits per heavy atom. The minimum Gasteiger partial charge on any atom is -0.494 e. The van der Waals surface area contributed by atoms with Crippen LogP contribution in [0.4, 0.5) is 4.79 Å². The Morgan fingerprint density at radius 2 is 1.81 bits per heavy atom. The van der Waals surface area contributed by atoms with Crippen LogP contribution in [0.3, 0.4) is 0 Å². The number of unbranched alkanes of at least 4 members (excludes halogenated alkanes) is 1. The fourth-order valence-electron chi connectivity index (χ4n) is 1.81. The summed E-state index contributed by atoms with van der Waals surface area (Å²) in [6.45, 7) is 3.51. The zero-order valence-corrected chi connectivity index (χ0v) is 14.7. The molecule has 0 saturated heterocycles. The van der Waals surface area contributed by atoms with E-state index < -0.39 is 36.5 Å². The number of nitrogens with one attached hydrogen (secondary N) is 2. The van der Waals surface area contributed by atoms with Gasteiger partial charge in [0.05, 0.1) is 6.61 Å². The molecule has 0 aromatic heterocycles. The van der Waals surface area contributed by atoms with E-state index in [2.05, 4.69) is 12.2 Å². The predicted molar refractivity (Wildman–Crippen MR) is 92.5 cm³/mol. The van der Waals surface area contributed by atoms with Crippen LogP contribution in [-0.2, 0) is 14.3 Å². The van der Waals surface area contributed by atoms with Crippen molar-refractivity contribution in [1.82, 2.24) is 10.6 Å². The Hall–Kier alpha value is -3.10. The summed E-state index contributed by atoms with van der Waals surface area (Å²) in [6, 6.07) is 5.43. The Bertz CT molecular complexity index is 644. The van der Waals surface area contributed by atoms with E-state index in [9.17, 15) is 19.2 Å². The van der Waals surface area contributed by atoms with Crippen molar-refractivity contribution >= 4 is 23.8 Å². The number of hydrogen-bond acceptors (Lipinski definition) is 6. The highest BCUT2D eigenvalue weighted by Crippen LogP contribution is 2.12. The van der Waals surface area contributed by atoms with Gasteiger partial charge in [-0.1, -0.05) is 13.3 Å². The van der Waals surface area contributed by atoms with Gasteiger partial charge in [-0.15, -0.1) is 0 Å². The van der Waals surface area contributed by atoms with Crippen molar-refractivity contribution in [2.24, 2.45) is 5.73 Å². The molecule has 142 valence electrons. The van der Waals surface area contributed by atoms with Gasteiger partial charge in [0, 0.05) is 5.56 Å². The van der Waals surface area contributed by atoms with Crippen LogP contribution in [0.1, 0.15) is 37.0 Å². The summed E-state index contributed by atoms with van der Waals surface area (Å²) in [5.41, 5.74) is 5.14. The highest BCUT2D eigenvalue weighted by molar-refractivity contribution is 5.97. The van der Waals surface area contributed by atoms with Crippen molar-refractivity contribution in [2.45, 2.75) is 32.8 Å². The Morgan fingerprint density at radius 3 is 2.38 bits per heavy atom. The Balaban J connectivity index is 2.42. The topological polar surface area (TPSA) is 137 Å². The monoisotopic (exact) mass is 365 g/mol. The number of ether oxygens (including phenoxy) is 2. The summed E-state index contributed by atoms with van der Waals surface area (Å²) in [7, 11) is 0. The van der Waals surface area contributed by atoms with Gasteiger partial charge in [-0.25, -0.2) is 4.79 Å². The first-order valence-electron chi connectivity index (χ1n) is 8.14. The van der Waals surface area contributed by atoms with Gasteiger partial charge in [0.15, 0.2) is 6.10 Å². The van der Waals surface area contributed by atoms with Gasteiger partial charge in [0.25, 0.3) is 11.8 Å². The maximum absolute atomic E-state index is 12.0. The summed E-state index contributed by atoms with van der Waals surface area (Å²) in [5, 5.41) is 4.16. The van der Waals surface area contributed by atoms with E-state index in [1.165, 1.54) is 6.92 Å². The molecule has 0 unspecified atom stereocenters. The highest BCUT2D eigenvalue weighted by Gasteiger charge is 2.19. The van der Waals surface area contributed by atoms with E-state index in [1.54, 1.807) is 29.6 Å². The van der Waals surface area contributed by atoms with Crippen molar-refractivity contribution in [3.8, 4) is 5.75 Å². The molecule has 0 aliphatic rings. The Labute approximate surface area is 151 Å². The first kappa shape index (κ1) is 20.9. The van der Waals surface area contributed by atoms with Crippen LogP contribution < -0.4 is 21.1 Å². The molecule has 0 aliphatic carbocycles. The summed E-state index contributed by atoms with van der Waals surface area (Å²) < 4.78 is 10.3. The molecule has 0 aliphatic heterocycles. The van der Waals surface area contributed by atoms with Crippen LogP contribution >= 0.6 is 0 Å². The second kappa shape index (κ2) is 10.7. The van der Waals surface area contributed by atoms with Crippen LogP contribution in [0.2, 0.25) is 0 Å². The molecule has 0 heterocycles. The van der Waals surface area contributed by atoms with Crippen molar-refractivity contribution < 1.29 is 28.7 Å². The largest absolute Gasteiger partial charge is 0.494 e. The van der Waals surface area contributed by atoms with Gasteiger partial charge >= 0.3 is 12.0 Å². The van der Waals surface area contributed by atoms with Gasteiger partial charge in [0.1, 0.15) is 12.3 Å². The van der Waals surface area contributed by atoms with Crippen LogP contribution in [0.15, 0.2) is 24.3 Å². The smallest absolute Gasteiger partial charge is 0.326 e. The fraction of sp³-hybridized carbons (Fsp3) is 0.412. The molecule has 9 nitrogen and oxygen atoms in total. The Kier molecular flexibility index (Phi) is 8.62. The second-order valence-corrected chi connectivity index (χ2v) is 5.39. The third kappa shape index (κ3) is 7.65. The average molecular weight is 365 g/mol. The molecule has 0 fully saturated rings. The van der Waals surface area contributed by atoms with Gasteiger partial charge in [-0.05, 0) is 37.6 Å². The first-order valence-corrected chi connectivity index (χ1v) is 8.14. The maximum atomic E-state index is 12.0. The van der Waals surface area contributed by atoms with E-state index in [4.69, 9.17) is 15.2 Å². The summed E-state index contributed by atoms with van der Waals surface area (Å²) in [5.74, 6) is -1.50. The third-order valence-corrected chi connectivity index (χ3v) is 3.20. The number of carbonyl (C=O) groups is 4. The molecule has 26 heavy (non-hydrogen) atoms. The number of amides is 4. The van der Waals surface area contributed by atoms with Crippen molar-refractivity contribution in [3.05, 3.63) is 29.8 Å². The van der Waals surface area contributed by atoms with Crippen LogP contribution in [-0.4, -0.2) is 43.1 Å². The average Bonchev–Trinajstić information content (AvgIpc) is 2.60. The van der Waals surface area contributed by atoms with Crippen molar-refractivity contribution in [2.75, 3.05) is 13.2 Å². The first-order chi connectivity index (χ1) is 12.3. The maximum Gasteiger partial charge on any atom is 0.326 e. The zero-order valence-electron chi connectivity index (χ0n) is 14.7. The standard InChI is InChI=1S/C17H23N3O6/c1-3-4-9-25-13-7-5-12(6-8-13)16(23)19-10-14(21)26-11(2)15(22)20-17(18)24/h5-8,11H,3-4,9-10H2,1-2H3,(H,19,23)(H3,18,20,22,24)/t11-/m0/s1. The molecule has 4 N–H and O–H groups in total. The van der Waals surface area contributed by atoms with Crippen molar-refractivity contribution in [3.63, 3.8) is 0 Å². The molecule has 9 heteroatoms. The van der Waals surface area contributed by atoms with E-state index in [-0.39, 0.29) is 0 Å². The van der Waals surface area contributed by atoms with Crippen LogP contribution in [0.25, 0.3) is 0 Å². The van der Waals surface area contributed by atoms with Crippen LogP contribution in [0, 0.1) is 0 Å². The van der Waals surface area contributed by atoms with E-state index >= 15 is 0 Å². The minimum absolute atomic E-state index is 0.347. The zero-order chi connectivity index (χ0) is 19.5. The van der Waals surface area contributed by atoms with Gasteiger partial charge < -0.3 is 20.5 Å². The molecule has 0 spiro atoms.